The van der Waals surface area contributed by atoms with Gasteiger partial charge in [-0.2, -0.15) is 0 Å². The highest BCUT2D eigenvalue weighted by molar-refractivity contribution is 5.87. The van der Waals surface area contributed by atoms with Gasteiger partial charge in [0.2, 0.25) is 5.91 Å². The molecule has 0 spiro atoms. The Kier molecular flexibility index (Phi) is 3.36. The third kappa shape index (κ3) is 2.20. The van der Waals surface area contributed by atoms with Crippen molar-refractivity contribution in [3.8, 4) is 0 Å². The number of rotatable bonds is 1. The molecular weight excluding hydrogens is 216 g/mol. The van der Waals surface area contributed by atoms with Gasteiger partial charge in [0.25, 0.3) is 0 Å². The van der Waals surface area contributed by atoms with Crippen LogP contribution in [0.2, 0.25) is 0 Å². The molecule has 1 aliphatic heterocycles. The van der Waals surface area contributed by atoms with Gasteiger partial charge in [-0.15, -0.1) is 10.3 Å². The molecule has 0 N–H and O–H groups in total. The molecule has 1 saturated heterocycles. The second kappa shape index (κ2) is 3.95. The van der Waals surface area contributed by atoms with Gasteiger partial charge in [0.15, 0.2) is 0 Å². The first kappa shape index (κ1) is 14.5. The molecule has 1 aliphatic rings. The summed E-state index contributed by atoms with van der Waals surface area (Å²) >= 11 is 0. The average molecular weight is 241 g/mol. The molecule has 0 saturated carbocycles. The maximum Gasteiger partial charge on any atom is 0.245 e. The smallest absolute Gasteiger partial charge is 0.245 e. The van der Waals surface area contributed by atoms with E-state index in [-0.39, 0.29) is 11.4 Å². The van der Waals surface area contributed by atoms with Crippen LogP contribution in [0.3, 0.4) is 0 Å². The quantitative estimate of drug-likeness (QED) is 0.706. The molecule has 0 aliphatic carbocycles. The van der Waals surface area contributed by atoms with Crippen LogP contribution in [0, 0.1) is 0 Å². The highest BCUT2D eigenvalue weighted by Crippen LogP contribution is 2.36. The summed E-state index contributed by atoms with van der Waals surface area (Å²) in [6, 6.07) is 0. The summed E-state index contributed by atoms with van der Waals surface area (Å²) < 4.78 is 0. The SMILES string of the molecule is CCC1(C)C(=O)N(C(C)(C)C)CC(C)(C)N1[O]. The fourth-order valence-corrected chi connectivity index (χ4v) is 2.41. The van der Waals surface area contributed by atoms with Crippen LogP contribution in [0.15, 0.2) is 0 Å². The molecule has 0 aromatic rings. The van der Waals surface area contributed by atoms with E-state index in [2.05, 4.69) is 0 Å². The Morgan fingerprint density at radius 3 is 2.06 bits per heavy atom. The highest BCUT2D eigenvalue weighted by atomic mass is 16.5. The minimum absolute atomic E-state index is 0.0539. The zero-order chi connectivity index (χ0) is 13.6. The first-order chi connectivity index (χ1) is 7.47. The molecule has 17 heavy (non-hydrogen) atoms. The Morgan fingerprint density at radius 1 is 1.24 bits per heavy atom. The molecule has 1 heterocycles. The lowest BCUT2D eigenvalue weighted by Gasteiger charge is -2.55. The molecule has 0 bridgehead atoms. The fourth-order valence-electron chi connectivity index (χ4n) is 2.41. The maximum atomic E-state index is 12.5. The van der Waals surface area contributed by atoms with Crippen molar-refractivity contribution in [1.82, 2.24) is 9.96 Å². The number of carbonyl (C=O) groups excluding carboxylic acids is 1. The van der Waals surface area contributed by atoms with E-state index in [4.69, 9.17) is 0 Å². The largest absolute Gasteiger partial charge is 0.334 e. The highest BCUT2D eigenvalue weighted by Gasteiger charge is 2.55. The van der Waals surface area contributed by atoms with E-state index >= 15 is 0 Å². The Hall–Kier alpha value is -0.610. The van der Waals surface area contributed by atoms with Crippen molar-refractivity contribution < 1.29 is 10.0 Å². The van der Waals surface area contributed by atoms with E-state index in [1.807, 2.05) is 46.4 Å². The van der Waals surface area contributed by atoms with E-state index < -0.39 is 11.1 Å². The van der Waals surface area contributed by atoms with E-state index in [1.165, 1.54) is 0 Å². The molecule has 1 rings (SSSR count). The summed E-state index contributed by atoms with van der Waals surface area (Å²) in [6.07, 6.45) is 0.533. The van der Waals surface area contributed by atoms with Crippen LogP contribution in [0.5, 0.6) is 0 Å². The predicted molar refractivity (Wildman–Crippen MR) is 66.8 cm³/mol. The Bertz CT molecular complexity index is 320. The third-order valence-corrected chi connectivity index (χ3v) is 3.75. The molecule has 4 nitrogen and oxygen atoms in total. The van der Waals surface area contributed by atoms with Crippen LogP contribution in [-0.2, 0) is 10.0 Å². The number of hydroxylamine groups is 2. The van der Waals surface area contributed by atoms with Gasteiger partial charge in [-0.3, -0.25) is 4.79 Å². The standard InChI is InChI=1S/C13H25N2O2/c1-8-13(7)10(16)14(11(2,3)4)9-12(5,6)15(13)17/h8-9H2,1-7H3. The van der Waals surface area contributed by atoms with Crippen LogP contribution < -0.4 is 0 Å². The fraction of sp³-hybridized carbons (Fsp3) is 0.923. The van der Waals surface area contributed by atoms with Crippen molar-refractivity contribution in [2.24, 2.45) is 0 Å². The van der Waals surface area contributed by atoms with Crippen LogP contribution in [0.25, 0.3) is 0 Å². The lowest BCUT2D eigenvalue weighted by molar-refractivity contribution is -0.292. The monoisotopic (exact) mass is 241 g/mol. The first-order valence-electron chi connectivity index (χ1n) is 6.26. The number of piperazine rings is 1. The topological polar surface area (TPSA) is 43.5 Å². The predicted octanol–water partition coefficient (Wildman–Crippen LogP) is 2.22. The van der Waals surface area contributed by atoms with Gasteiger partial charge < -0.3 is 4.90 Å². The molecule has 4 heteroatoms. The molecule has 1 atom stereocenters. The summed E-state index contributed by atoms with van der Waals surface area (Å²) in [5.74, 6) is -0.0539. The van der Waals surface area contributed by atoms with Gasteiger partial charge >= 0.3 is 0 Å². The second-order valence-electron chi connectivity index (χ2n) is 6.80. The summed E-state index contributed by atoms with van der Waals surface area (Å²) in [5, 5.41) is 13.3. The van der Waals surface area contributed by atoms with E-state index in [0.717, 1.165) is 5.06 Å². The van der Waals surface area contributed by atoms with Gasteiger partial charge in [0, 0.05) is 12.1 Å². The normalized spacial score (nSPS) is 30.8. The number of nitrogens with zero attached hydrogens (tertiary/aromatic N) is 2. The van der Waals surface area contributed by atoms with Crippen molar-refractivity contribution in [2.45, 2.75) is 71.5 Å². The lowest BCUT2D eigenvalue weighted by Crippen LogP contribution is -2.73. The van der Waals surface area contributed by atoms with Crippen molar-refractivity contribution in [3.05, 3.63) is 0 Å². The van der Waals surface area contributed by atoms with Gasteiger partial charge in [-0.25, -0.2) is 0 Å². The van der Waals surface area contributed by atoms with Gasteiger partial charge in [-0.05, 0) is 48.0 Å². The average Bonchev–Trinajstić information content (AvgIpc) is 2.19. The second-order valence-corrected chi connectivity index (χ2v) is 6.80. The third-order valence-electron chi connectivity index (χ3n) is 3.75. The summed E-state index contributed by atoms with van der Waals surface area (Å²) in [7, 11) is 0. The minimum Gasteiger partial charge on any atom is -0.334 e. The number of hydrogen-bond donors (Lipinski definition) is 0. The molecule has 1 radical (unpaired) electrons. The van der Waals surface area contributed by atoms with Crippen LogP contribution in [0.4, 0.5) is 0 Å². The Balaban J connectivity index is 3.22. The number of hydrogen-bond acceptors (Lipinski definition) is 2. The van der Waals surface area contributed by atoms with Gasteiger partial charge in [0.1, 0.15) is 5.54 Å². The van der Waals surface area contributed by atoms with Crippen molar-refractivity contribution in [1.29, 1.82) is 0 Å². The molecule has 0 aromatic carbocycles. The van der Waals surface area contributed by atoms with Gasteiger partial charge in [-0.1, -0.05) is 6.92 Å². The molecule has 1 fully saturated rings. The van der Waals surface area contributed by atoms with Crippen LogP contribution in [-0.4, -0.2) is 39.0 Å². The number of carbonyl (C=O) groups is 1. The van der Waals surface area contributed by atoms with Gasteiger partial charge in [0.05, 0.1) is 5.54 Å². The van der Waals surface area contributed by atoms with E-state index in [0.29, 0.717) is 13.0 Å². The van der Waals surface area contributed by atoms with Crippen molar-refractivity contribution >= 4 is 5.91 Å². The molecule has 99 valence electrons. The van der Waals surface area contributed by atoms with Crippen LogP contribution >= 0.6 is 0 Å². The zero-order valence-corrected chi connectivity index (χ0v) is 12.1. The Morgan fingerprint density at radius 2 is 1.71 bits per heavy atom. The van der Waals surface area contributed by atoms with Crippen molar-refractivity contribution in [3.63, 3.8) is 0 Å². The van der Waals surface area contributed by atoms with Crippen LogP contribution in [0.1, 0.15) is 54.9 Å². The summed E-state index contributed by atoms with van der Waals surface area (Å²) in [4.78, 5) is 14.3. The molecule has 1 unspecified atom stereocenters. The first-order valence-corrected chi connectivity index (χ1v) is 6.26. The Labute approximate surface area is 105 Å². The minimum atomic E-state index is -0.935. The van der Waals surface area contributed by atoms with E-state index in [1.54, 1.807) is 6.92 Å². The summed E-state index contributed by atoms with van der Waals surface area (Å²) in [6.45, 7) is 14.0. The maximum absolute atomic E-state index is 12.5. The van der Waals surface area contributed by atoms with Crippen molar-refractivity contribution in [2.75, 3.05) is 6.54 Å². The molecular formula is C13H25N2O2. The zero-order valence-electron chi connectivity index (χ0n) is 12.1. The summed E-state index contributed by atoms with van der Waals surface area (Å²) in [5.41, 5.74) is -1.72. The number of amides is 1. The lowest BCUT2D eigenvalue weighted by atomic mass is 9.84. The van der Waals surface area contributed by atoms with E-state index in [9.17, 15) is 10.0 Å². The molecule has 0 aromatic heterocycles. The molecule has 1 amide bonds.